The van der Waals surface area contributed by atoms with Gasteiger partial charge in [0.2, 0.25) is 0 Å². The van der Waals surface area contributed by atoms with E-state index in [1.54, 1.807) is 0 Å². The summed E-state index contributed by atoms with van der Waals surface area (Å²) < 4.78 is 168. The Morgan fingerprint density at radius 3 is 1.52 bits per heavy atom. The van der Waals surface area contributed by atoms with Crippen molar-refractivity contribution in [2.24, 2.45) is 0 Å². The molecule has 2 aromatic carbocycles. The fraction of sp³-hybridized carbons (Fsp3) is 0.333. The third-order valence-electron chi connectivity index (χ3n) is 4.91. The van der Waals surface area contributed by atoms with Crippen LogP contribution >= 0.6 is 8.15 Å². The van der Waals surface area contributed by atoms with Crippen molar-refractivity contribution >= 4 is 18.8 Å². The molecule has 2 N–H and O–H groups in total. The monoisotopic (exact) mass is 517 g/mol. The van der Waals surface area contributed by atoms with Crippen LogP contribution in [0.1, 0.15) is 11.1 Å². The SMILES string of the molecule is [OH2+]C(c1ccccc1P1OC(C(F)(F)F)(C(F)(F)F)c2ccccc21)(C(F)(F)F)C(F)(F)F. The molecule has 0 bridgehead atoms. The van der Waals surface area contributed by atoms with Crippen LogP contribution in [0.15, 0.2) is 48.5 Å². The minimum Gasteiger partial charge on any atom is -0.424 e. The van der Waals surface area contributed by atoms with E-state index in [9.17, 15) is 52.7 Å². The van der Waals surface area contributed by atoms with Crippen LogP contribution in [0.2, 0.25) is 0 Å². The Hall–Kier alpha value is -2.05. The molecule has 0 aromatic heterocycles. The number of rotatable bonds is 2. The molecule has 2 nitrogen and oxygen atoms in total. The third-order valence-corrected chi connectivity index (χ3v) is 7.02. The maximum absolute atomic E-state index is 13.8. The summed E-state index contributed by atoms with van der Waals surface area (Å²) in [6.45, 7) is 0. The molecule has 1 aliphatic rings. The first-order chi connectivity index (χ1) is 14.8. The van der Waals surface area contributed by atoms with Crippen LogP contribution in [0.25, 0.3) is 0 Å². The van der Waals surface area contributed by atoms with Gasteiger partial charge < -0.3 is 9.63 Å². The first-order valence-electron chi connectivity index (χ1n) is 8.51. The Bertz CT molecular complexity index is 1010. The predicted molar refractivity (Wildman–Crippen MR) is 91.3 cm³/mol. The van der Waals surface area contributed by atoms with Crippen LogP contribution in [0.5, 0.6) is 0 Å². The van der Waals surface area contributed by atoms with E-state index in [-0.39, 0.29) is 6.07 Å². The molecule has 182 valence electrons. The van der Waals surface area contributed by atoms with Crippen LogP contribution in [0.3, 0.4) is 0 Å². The molecule has 33 heavy (non-hydrogen) atoms. The smallest absolute Gasteiger partial charge is 0.424 e. The molecule has 0 amide bonds. The topological polar surface area (TPSA) is 32.1 Å². The van der Waals surface area contributed by atoms with Gasteiger partial charge in [-0.1, -0.05) is 42.5 Å². The predicted octanol–water partition coefficient (Wildman–Crippen LogP) is 5.43. The van der Waals surface area contributed by atoms with Gasteiger partial charge in [0.25, 0.3) is 5.60 Å². The van der Waals surface area contributed by atoms with Gasteiger partial charge in [0.1, 0.15) is 0 Å². The maximum atomic E-state index is 13.8. The first kappa shape index (κ1) is 25.6. The number of hydrogen-bond donors (Lipinski definition) is 0. The summed E-state index contributed by atoms with van der Waals surface area (Å²) in [5, 5.41) is 5.13. The van der Waals surface area contributed by atoms with Crippen molar-refractivity contribution in [1.82, 2.24) is 0 Å². The van der Waals surface area contributed by atoms with Gasteiger partial charge in [-0.3, -0.25) is 0 Å². The lowest BCUT2D eigenvalue weighted by Crippen LogP contribution is -2.56. The second kappa shape index (κ2) is 7.47. The summed E-state index contributed by atoms with van der Waals surface area (Å²) in [5.41, 5.74) is -13.7. The molecule has 0 aliphatic carbocycles. The van der Waals surface area contributed by atoms with Crippen LogP contribution < -0.4 is 10.6 Å². The van der Waals surface area contributed by atoms with Crippen LogP contribution in [0, 0.1) is 0 Å². The quantitative estimate of drug-likeness (QED) is 0.297. The Kier molecular flexibility index (Phi) is 5.79. The molecule has 1 heterocycles. The highest BCUT2D eigenvalue weighted by molar-refractivity contribution is 7.69. The number of halogens is 12. The van der Waals surface area contributed by atoms with E-state index in [0.717, 1.165) is 18.2 Å². The minimum atomic E-state index is -6.32. The molecule has 1 atom stereocenters. The fourth-order valence-corrected chi connectivity index (χ4v) is 5.76. The summed E-state index contributed by atoms with van der Waals surface area (Å²) in [6.07, 6.45) is -25.0. The molecule has 0 saturated carbocycles. The highest BCUT2D eigenvalue weighted by Crippen LogP contribution is 2.64. The molecule has 0 fully saturated rings. The van der Waals surface area contributed by atoms with E-state index in [2.05, 4.69) is 4.52 Å². The van der Waals surface area contributed by atoms with Crippen molar-refractivity contribution < 1.29 is 62.3 Å². The van der Waals surface area contributed by atoms with Crippen molar-refractivity contribution in [2.45, 2.75) is 35.9 Å². The van der Waals surface area contributed by atoms with Crippen molar-refractivity contribution in [3.05, 3.63) is 59.7 Å². The Balaban J connectivity index is 2.36. The lowest BCUT2D eigenvalue weighted by Gasteiger charge is -2.34. The van der Waals surface area contributed by atoms with Gasteiger partial charge in [0, 0.05) is 16.2 Å². The molecule has 0 spiro atoms. The molecule has 0 saturated heterocycles. The fourth-order valence-electron chi connectivity index (χ4n) is 3.37. The zero-order valence-corrected chi connectivity index (χ0v) is 16.4. The number of fused-ring (bicyclic) bond motifs is 1. The van der Waals surface area contributed by atoms with E-state index in [1.165, 1.54) is 0 Å². The molecular weight excluding hydrogens is 507 g/mol. The lowest BCUT2D eigenvalue weighted by molar-refractivity contribution is -0.376. The summed E-state index contributed by atoms with van der Waals surface area (Å²) in [6, 6.07) is 4.98. The largest absolute Gasteiger partial charge is 0.480 e. The lowest BCUT2D eigenvalue weighted by atomic mass is 9.92. The molecule has 0 radical (unpaired) electrons. The summed E-state index contributed by atoms with van der Waals surface area (Å²) in [5.74, 6) is 0. The van der Waals surface area contributed by atoms with Crippen molar-refractivity contribution in [3.8, 4) is 0 Å². The van der Waals surface area contributed by atoms with Crippen molar-refractivity contribution in [3.63, 3.8) is 0 Å². The summed E-state index contributed by atoms with van der Waals surface area (Å²) in [4.78, 5) is 0. The highest BCUT2D eigenvalue weighted by Gasteiger charge is 2.79. The van der Waals surface area contributed by atoms with E-state index in [0.29, 0.717) is 24.3 Å². The zero-order valence-electron chi connectivity index (χ0n) is 15.5. The average Bonchev–Trinajstić information content (AvgIpc) is 3.02. The van der Waals surface area contributed by atoms with Crippen molar-refractivity contribution in [2.75, 3.05) is 0 Å². The molecule has 3 rings (SSSR count). The number of hydrogen-bond acceptors (Lipinski definition) is 1. The zero-order chi connectivity index (χ0) is 25.3. The molecule has 15 heteroatoms. The van der Waals surface area contributed by atoms with Gasteiger partial charge in [0.05, 0.1) is 13.7 Å². The van der Waals surface area contributed by atoms with Gasteiger partial charge in [-0.25, -0.2) is 0 Å². The summed E-state index contributed by atoms with van der Waals surface area (Å²) >= 11 is 0. The normalized spacial score (nSPS) is 19.5. The van der Waals surface area contributed by atoms with Crippen molar-refractivity contribution in [1.29, 1.82) is 0 Å². The standard InChI is InChI=1S/C18H9F12O2P/c19-15(20,21)13(31,16(22,23)24)9-5-1-3-7-11(9)33-12-8-4-2-6-10(12)14(32-33,17(25,26)27)18(28,29)30/h1-8,31H/p+1. The van der Waals surface area contributed by atoms with Crippen LogP contribution in [0.4, 0.5) is 52.7 Å². The second-order valence-electron chi connectivity index (χ2n) is 6.84. The first-order valence-corrected chi connectivity index (χ1v) is 9.77. The van der Waals surface area contributed by atoms with Crippen LogP contribution in [-0.4, -0.2) is 29.8 Å². The number of benzene rings is 2. The van der Waals surface area contributed by atoms with Gasteiger partial charge in [0.15, 0.2) is 0 Å². The van der Waals surface area contributed by atoms with Gasteiger partial charge in [-0.15, -0.1) is 0 Å². The Labute approximate surface area is 177 Å². The highest BCUT2D eigenvalue weighted by atomic mass is 31.1. The Morgan fingerprint density at radius 2 is 1.06 bits per heavy atom. The third kappa shape index (κ3) is 3.57. The molecule has 1 aliphatic heterocycles. The van der Waals surface area contributed by atoms with E-state index in [4.69, 9.17) is 5.11 Å². The second-order valence-corrected chi connectivity index (χ2v) is 8.58. The molecule has 2 aromatic rings. The summed E-state index contributed by atoms with van der Waals surface area (Å²) in [7, 11) is -3.51. The van der Waals surface area contributed by atoms with Crippen LogP contribution in [-0.2, 0) is 15.7 Å². The van der Waals surface area contributed by atoms with Gasteiger partial charge in [-0.2, -0.15) is 52.7 Å². The molecular formula is C18H10F12O2P+. The van der Waals surface area contributed by atoms with E-state index >= 15 is 0 Å². The maximum Gasteiger partial charge on any atom is 0.480 e. The average molecular weight is 517 g/mol. The van der Waals surface area contributed by atoms with Gasteiger partial charge in [-0.05, 0) is 6.07 Å². The molecule has 1 unspecified atom stereocenters. The van der Waals surface area contributed by atoms with Gasteiger partial charge >= 0.3 is 30.3 Å². The van der Waals surface area contributed by atoms with E-state index in [1.807, 2.05) is 0 Å². The minimum absolute atomic E-state index is 0.179. The van der Waals surface area contributed by atoms with E-state index < -0.39 is 65.8 Å². The Morgan fingerprint density at radius 1 is 0.636 bits per heavy atom. The number of alkyl halides is 12.